The number of rotatable bonds is 6. The Morgan fingerprint density at radius 3 is 2.04 bits per heavy atom. The molecule has 6 heterocycles. The lowest BCUT2D eigenvalue weighted by atomic mass is 9.87. The van der Waals surface area contributed by atoms with Gasteiger partial charge in [-0.05, 0) is 83.4 Å². The van der Waals surface area contributed by atoms with E-state index in [-0.39, 0.29) is 35.7 Å². The first-order valence-electron chi connectivity index (χ1n) is 16.7. The largest absolute Gasteiger partial charge is 0.354 e. The van der Waals surface area contributed by atoms with E-state index in [1.54, 1.807) is 29.0 Å². The number of aromatic nitrogens is 5. The summed E-state index contributed by atoms with van der Waals surface area (Å²) >= 11 is 9.49. The number of nitrogens with one attached hydrogen (secondary N) is 3. The van der Waals surface area contributed by atoms with Gasteiger partial charge < -0.3 is 16.0 Å². The van der Waals surface area contributed by atoms with Crippen molar-refractivity contribution in [2.24, 2.45) is 16.8 Å². The smallest absolute Gasteiger partial charge is 0.223 e. The van der Waals surface area contributed by atoms with Gasteiger partial charge in [0.15, 0.2) is 0 Å². The zero-order chi connectivity index (χ0) is 34.2. The lowest BCUT2D eigenvalue weighted by molar-refractivity contribution is -0.126. The van der Waals surface area contributed by atoms with Crippen molar-refractivity contribution in [2.45, 2.75) is 84.8 Å². The van der Waals surface area contributed by atoms with Gasteiger partial charge in [0.1, 0.15) is 39.1 Å². The number of fused-ring (bicyclic) bond motifs is 7. The number of pyridine rings is 1. The van der Waals surface area contributed by atoms with Crippen molar-refractivity contribution in [1.29, 1.82) is 0 Å². The molecule has 2 atom stereocenters. The van der Waals surface area contributed by atoms with Crippen LogP contribution >= 0.6 is 34.3 Å². The Kier molecular flexibility index (Phi) is 9.58. The first-order chi connectivity index (χ1) is 23.6. The number of aliphatic imine (C=N–C) groups is 1. The van der Waals surface area contributed by atoms with Crippen molar-refractivity contribution in [2.75, 3.05) is 5.32 Å². The standard InChI is InChI=1S/C21H22N6OS.C14H16ClN3OS/c1-11(2)26-20(28)12-3-4-15-16(5-12)29-21-18(15)19(24-10-25-21)27-17-6-13-7-22-8-14(13)9-23-17;1-7(2)18-13(19)8-3-4-9-10(5-8)20-14-11(9)12(15)16-6-17-14/h6-7,9-12H,3-5,8H2,1-2H3,(H,26,28)(H,23,24,25,27);6-8H,3-5H2,1-2H3,(H,18,19). The number of carbonyl (C=O) groups is 2. The van der Waals surface area contributed by atoms with Gasteiger partial charge in [0.25, 0.3) is 0 Å². The predicted octanol–water partition coefficient (Wildman–Crippen LogP) is 6.37. The topological polar surface area (TPSA) is 147 Å². The molecule has 2 amide bonds. The zero-order valence-electron chi connectivity index (χ0n) is 27.8. The van der Waals surface area contributed by atoms with Crippen LogP contribution in [0.4, 0.5) is 11.6 Å². The molecule has 254 valence electrons. The maximum Gasteiger partial charge on any atom is 0.223 e. The first-order valence-corrected chi connectivity index (χ1v) is 18.7. The SMILES string of the molecule is CC(C)NC(=O)C1CCc2c(sc3ncnc(Cl)c23)C1.CC(C)NC(=O)C1CCc2c(sc3ncnc(Nc4cc5c(cn4)CN=C5)c23)C1. The van der Waals surface area contributed by atoms with Gasteiger partial charge in [-0.25, -0.2) is 24.9 Å². The van der Waals surface area contributed by atoms with E-state index in [1.807, 2.05) is 46.2 Å². The van der Waals surface area contributed by atoms with Crippen molar-refractivity contribution in [1.82, 2.24) is 35.6 Å². The van der Waals surface area contributed by atoms with Gasteiger partial charge in [-0.3, -0.25) is 14.6 Å². The van der Waals surface area contributed by atoms with Crippen LogP contribution in [0.1, 0.15) is 72.5 Å². The van der Waals surface area contributed by atoms with Crippen molar-refractivity contribution >= 4 is 84.4 Å². The Balaban J connectivity index is 0.000000166. The number of nitrogens with zero attached hydrogens (tertiary/aromatic N) is 6. The third kappa shape index (κ3) is 7.01. The van der Waals surface area contributed by atoms with Crippen molar-refractivity contribution in [3.63, 3.8) is 0 Å². The molecule has 1 aliphatic heterocycles. The molecule has 0 radical (unpaired) electrons. The third-order valence-corrected chi connectivity index (χ3v) is 11.6. The minimum atomic E-state index is 0.0278. The summed E-state index contributed by atoms with van der Waals surface area (Å²) in [7, 11) is 0. The van der Waals surface area contributed by atoms with Crippen molar-refractivity contribution in [3.8, 4) is 0 Å². The minimum Gasteiger partial charge on any atom is -0.354 e. The summed E-state index contributed by atoms with van der Waals surface area (Å²) in [5.74, 6) is 1.92. The first kappa shape index (κ1) is 33.4. The summed E-state index contributed by atoms with van der Waals surface area (Å²) in [4.78, 5) is 55.1. The molecule has 3 N–H and O–H groups in total. The Morgan fingerprint density at radius 1 is 0.816 bits per heavy atom. The number of halogens is 1. The molecule has 0 bridgehead atoms. The Morgan fingerprint density at radius 2 is 1.41 bits per heavy atom. The van der Waals surface area contributed by atoms with Gasteiger partial charge in [0.05, 0.1) is 17.3 Å². The van der Waals surface area contributed by atoms with Crippen LogP contribution in [0.25, 0.3) is 20.4 Å². The lowest BCUT2D eigenvalue weighted by Gasteiger charge is -2.22. The Labute approximate surface area is 297 Å². The number of aryl methyl sites for hydroxylation is 2. The van der Waals surface area contributed by atoms with Crippen LogP contribution in [0.3, 0.4) is 0 Å². The van der Waals surface area contributed by atoms with Crippen molar-refractivity contribution in [3.05, 3.63) is 62.1 Å². The van der Waals surface area contributed by atoms with Crippen LogP contribution in [-0.2, 0) is 41.8 Å². The molecule has 2 unspecified atom stereocenters. The molecular formula is C35H38ClN9O2S2. The molecule has 8 rings (SSSR count). The maximum atomic E-state index is 12.5. The average Bonchev–Trinajstić information content (AvgIpc) is 3.79. The zero-order valence-corrected chi connectivity index (χ0v) is 30.2. The maximum absolute atomic E-state index is 12.5. The molecule has 5 aromatic rings. The van der Waals surface area contributed by atoms with Gasteiger partial charge >= 0.3 is 0 Å². The number of amides is 2. The molecule has 0 fully saturated rings. The second kappa shape index (κ2) is 14.0. The fourth-order valence-electron chi connectivity index (χ4n) is 6.71. The van der Waals surface area contributed by atoms with E-state index in [2.05, 4.69) is 45.9 Å². The molecule has 5 aromatic heterocycles. The number of carbonyl (C=O) groups excluding carboxylic acids is 2. The van der Waals surface area contributed by atoms with Gasteiger partial charge in [-0.2, -0.15) is 0 Å². The van der Waals surface area contributed by atoms with Crippen LogP contribution in [0, 0.1) is 11.8 Å². The van der Waals surface area contributed by atoms with Crippen LogP contribution in [0.5, 0.6) is 0 Å². The highest BCUT2D eigenvalue weighted by molar-refractivity contribution is 7.19. The quantitative estimate of drug-likeness (QED) is 0.172. The van der Waals surface area contributed by atoms with E-state index < -0.39 is 0 Å². The van der Waals surface area contributed by atoms with E-state index in [0.717, 1.165) is 81.7 Å². The molecule has 0 saturated carbocycles. The lowest BCUT2D eigenvalue weighted by Crippen LogP contribution is -2.37. The molecule has 14 heteroatoms. The highest BCUT2D eigenvalue weighted by atomic mass is 35.5. The number of hydrogen-bond donors (Lipinski definition) is 3. The molecule has 2 aliphatic carbocycles. The van der Waals surface area contributed by atoms with E-state index in [0.29, 0.717) is 11.7 Å². The van der Waals surface area contributed by atoms with Crippen LogP contribution in [-0.4, -0.2) is 55.0 Å². The van der Waals surface area contributed by atoms with Gasteiger partial charge in [0, 0.05) is 57.2 Å². The molecule has 0 spiro atoms. The van der Waals surface area contributed by atoms with Crippen LogP contribution < -0.4 is 16.0 Å². The predicted molar refractivity (Wildman–Crippen MR) is 196 cm³/mol. The molecule has 0 saturated heterocycles. The second-order valence-corrected chi connectivity index (χ2v) is 15.8. The van der Waals surface area contributed by atoms with E-state index in [1.165, 1.54) is 27.2 Å². The minimum absolute atomic E-state index is 0.0278. The number of anilines is 2. The molecule has 49 heavy (non-hydrogen) atoms. The fraction of sp³-hybridized carbons (Fsp3) is 0.429. The summed E-state index contributed by atoms with van der Waals surface area (Å²) in [6.45, 7) is 8.67. The monoisotopic (exact) mass is 715 g/mol. The Bertz CT molecular complexity index is 2090. The van der Waals surface area contributed by atoms with Crippen molar-refractivity contribution < 1.29 is 9.59 Å². The summed E-state index contributed by atoms with van der Waals surface area (Å²) in [6.07, 6.45) is 11.8. The van der Waals surface area contributed by atoms with E-state index in [4.69, 9.17) is 11.6 Å². The Hall–Kier alpha value is -4.07. The van der Waals surface area contributed by atoms with E-state index in [9.17, 15) is 9.59 Å². The molecule has 11 nitrogen and oxygen atoms in total. The second-order valence-electron chi connectivity index (χ2n) is 13.3. The molecule has 3 aliphatic rings. The van der Waals surface area contributed by atoms with E-state index >= 15 is 0 Å². The molecule has 0 aromatic carbocycles. The van der Waals surface area contributed by atoms with Gasteiger partial charge in [0.2, 0.25) is 11.8 Å². The van der Waals surface area contributed by atoms with Crippen LogP contribution in [0.15, 0.2) is 29.9 Å². The van der Waals surface area contributed by atoms with Crippen LogP contribution in [0.2, 0.25) is 5.15 Å². The third-order valence-electron chi connectivity index (χ3n) is 9.01. The summed E-state index contributed by atoms with van der Waals surface area (Å²) in [6, 6.07) is 2.36. The van der Waals surface area contributed by atoms with Gasteiger partial charge in [-0.15, -0.1) is 22.7 Å². The average molecular weight is 716 g/mol. The number of thiophene rings is 2. The summed E-state index contributed by atoms with van der Waals surface area (Å²) in [5.41, 5.74) is 4.75. The van der Waals surface area contributed by atoms with Gasteiger partial charge in [-0.1, -0.05) is 11.6 Å². The molecular weight excluding hydrogens is 678 g/mol. The number of hydrogen-bond acceptors (Lipinski definition) is 11. The summed E-state index contributed by atoms with van der Waals surface area (Å²) < 4.78 is 0. The normalized spacial score (nSPS) is 17.8. The highest BCUT2D eigenvalue weighted by Gasteiger charge is 2.30. The summed E-state index contributed by atoms with van der Waals surface area (Å²) in [5, 5.41) is 12.0. The highest BCUT2D eigenvalue weighted by Crippen LogP contribution is 2.41. The fourth-order valence-corrected chi connectivity index (χ4v) is 9.55.